The largest absolute Gasteiger partial charge is 0.507 e. The molecule has 0 aromatic heterocycles. The third-order valence-electron chi connectivity index (χ3n) is 5.63. The van der Waals surface area contributed by atoms with E-state index in [0.717, 1.165) is 11.3 Å². The van der Waals surface area contributed by atoms with E-state index in [1.807, 2.05) is 49.3 Å². The molecule has 7 heteroatoms. The van der Waals surface area contributed by atoms with Crippen LogP contribution in [0.25, 0.3) is 5.76 Å². The fraction of sp³-hybridized carbons (Fsp3) is 0.154. The minimum Gasteiger partial charge on any atom is -0.507 e. The van der Waals surface area contributed by atoms with Crippen LogP contribution < -0.4 is 14.5 Å². The van der Waals surface area contributed by atoms with Gasteiger partial charge in [0.25, 0.3) is 11.7 Å². The molecule has 0 saturated carbocycles. The predicted molar refractivity (Wildman–Crippen MR) is 133 cm³/mol. The monoisotopic (exact) mass is 506 g/mol. The topological polar surface area (TPSA) is 70.1 Å². The zero-order chi connectivity index (χ0) is 23.7. The number of aliphatic hydroxyl groups excluding tert-OH is 1. The van der Waals surface area contributed by atoms with Crippen LogP contribution in [0.1, 0.15) is 17.2 Å². The number of hydrogen-bond acceptors (Lipinski definition) is 5. The molecule has 1 heterocycles. The first kappa shape index (κ1) is 22.6. The lowest BCUT2D eigenvalue weighted by Gasteiger charge is -2.26. The van der Waals surface area contributed by atoms with E-state index in [9.17, 15) is 14.7 Å². The van der Waals surface area contributed by atoms with Crippen LogP contribution in [-0.4, -0.2) is 38.0 Å². The third-order valence-corrected chi connectivity index (χ3v) is 6.25. The van der Waals surface area contributed by atoms with Gasteiger partial charge >= 0.3 is 0 Å². The van der Waals surface area contributed by atoms with E-state index in [1.54, 1.807) is 49.6 Å². The zero-order valence-electron chi connectivity index (χ0n) is 18.4. The molecule has 1 aliphatic rings. The molecule has 168 valence electrons. The summed E-state index contributed by atoms with van der Waals surface area (Å²) in [6.45, 7) is 0. The number of rotatable bonds is 5. The summed E-state index contributed by atoms with van der Waals surface area (Å²) in [7, 11) is 5.42. The van der Waals surface area contributed by atoms with Gasteiger partial charge in [0.2, 0.25) is 0 Å². The number of nitrogens with zero attached hydrogens (tertiary/aromatic N) is 2. The standard InChI is InChI=1S/C26H23BrN2O4/c1-28(2)18-12-9-16(10-13-18)23-22(24(30)17-11-14-21(33-3)20(27)15-17)25(31)26(32)29(23)19-7-5-4-6-8-19/h4-15,23,30H,1-3H3/b24-22-. The van der Waals surface area contributed by atoms with Crippen LogP contribution in [0.5, 0.6) is 5.75 Å². The van der Waals surface area contributed by atoms with E-state index in [2.05, 4.69) is 15.9 Å². The summed E-state index contributed by atoms with van der Waals surface area (Å²) in [6, 6.07) is 20.8. The maximum Gasteiger partial charge on any atom is 0.300 e. The Bertz CT molecular complexity index is 1240. The maximum atomic E-state index is 13.2. The Morgan fingerprint density at radius 2 is 1.67 bits per heavy atom. The summed E-state index contributed by atoms with van der Waals surface area (Å²) in [5.74, 6) is -1.06. The van der Waals surface area contributed by atoms with Crippen LogP contribution in [0.2, 0.25) is 0 Å². The lowest BCUT2D eigenvalue weighted by atomic mass is 9.95. The minimum atomic E-state index is -0.774. The number of amides is 1. The average molecular weight is 507 g/mol. The number of Topliss-reactive ketones (excluding diaryl/α,β-unsaturated/α-hetero) is 1. The number of ketones is 1. The molecule has 1 aliphatic heterocycles. The molecule has 1 N–H and O–H groups in total. The molecular weight excluding hydrogens is 484 g/mol. The summed E-state index contributed by atoms with van der Waals surface area (Å²) in [6.07, 6.45) is 0. The van der Waals surface area contributed by atoms with Crippen LogP contribution in [0.3, 0.4) is 0 Å². The lowest BCUT2D eigenvalue weighted by Crippen LogP contribution is -2.29. The first-order valence-corrected chi connectivity index (χ1v) is 11.1. The number of halogens is 1. The van der Waals surface area contributed by atoms with Gasteiger partial charge in [-0.25, -0.2) is 0 Å². The molecular formula is C26H23BrN2O4. The summed E-state index contributed by atoms with van der Waals surface area (Å²) < 4.78 is 5.88. The Morgan fingerprint density at radius 3 is 2.24 bits per heavy atom. The van der Waals surface area contributed by atoms with Gasteiger partial charge in [-0.15, -0.1) is 0 Å². The van der Waals surface area contributed by atoms with Gasteiger partial charge in [0.1, 0.15) is 11.5 Å². The number of anilines is 2. The fourth-order valence-electron chi connectivity index (χ4n) is 3.93. The van der Waals surface area contributed by atoms with Gasteiger partial charge < -0.3 is 14.7 Å². The zero-order valence-corrected chi connectivity index (χ0v) is 20.0. The summed E-state index contributed by atoms with van der Waals surface area (Å²) >= 11 is 3.42. The van der Waals surface area contributed by atoms with Gasteiger partial charge in [0, 0.05) is 31.0 Å². The van der Waals surface area contributed by atoms with Crippen LogP contribution in [0.15, 0.2) is 82.8 Å². The summed E-state index contributed by atoms with van der Waals surface area (Å²) in [4.78, 5) is 29.8. The number of carbonyl (C=O) groups excluding carboxylic acids is 2. The molecule has 1 amide bonds. The number of hydrogen-bond donors (Lipinski definition) is 1. The van der Waals surface area contributed by atoms with Crippen molar-refractivity contribution >= 4 is 44.8 Å². The van der Waals surface area contributed by atoms with Crippen molar-refractivity contribution in [1.29, 1.82) is 0 Å². The van der Waals surface area contributed by atoms with E-state index >= 15 is 0 Å². The SMILES string of the molecule is COc1ccc(/C(O)=C2/C(=O)C(=O)N(c3ccccc3)C2c2ccc(N(C)C)cc2)cc1Br. The van der Waals surface area contributed by atoms with Crippen LogP contribution in [-0.2, 0) is 9.59 Å². The first-order chi connectivity index (χ1) is 15.8. The average Bonchev–Trinajstić information content (AvgIpc) is 3.09. The van der Waals surface area contributed by atoms with Gasteiger partial charge in [-0.1, -0.05) is 30.3 Å². The van der Waals surface area contributed by atoms with Crippen molar-refractivity contribution in [3.8, 4) is 5.75 Å². The van der Waals surface area contributed by atoms with E-state index in [1.165, 1.54) is 4.90 Å². The van der Waals surface area contributed by atoms with Gasteiger partial charge in [-0.05, 0) is 64.0 Å². The van der Waals surface area contributed by atoms with Crippen molar-refractivity contribution < 1.29 is 19.4 Å². The fourth-order valence-corrected chi connectivity index (χ4v) is 4.47. The maximum absolute atomic E-state index is 13.2. The molecule has 3 aromatic rings. The van der Waals surface area contributed by atoms with Crippen molar-refractivity contribution in [1.82, 2.24) is 0 Å². The molecule has 3 aromatic carbocycles. The number of aliphatic hydroxyl groups is 1. The number of benzene rings is 3. The Kier molecular flexibility index (Phi) is 6.24. The molecule has 1 fully saturated rings. The summed E-state index contributed by atoms with van der Waals surface area (Å²) in [5.41, 5.74) is 2.73. The van der Waals surface area contributed by atoms with E-state index in [4.69, 9.17) is 4.74 Å². The van der Waals surface area contributed by atoms with Gasteiger partial charge in [-0.2, -0.15) is 0 Å². The van der Waals surface area contributed by atoms with E-state index in [-0.39, 0.29) is 11.3 Å². The molecule has 1 saturated heterocycles. The Morgan fingerprint density at radius 1 is 1.00 bits per heavy atom. The molecule has 0 spiro atoms. The van der Waals surface area contributed by atoms with E-state index in [0.29, 0.717) is 21.5 Å². The second-order valence-corrected chi connectivity index (χ2v) is 8.69. The minimum absolute atomic E-state index is 0.0403. The van der Waals surface area contributed by atoms with Crippen molar-refractivity contribution in [2.24, 2.45) is 0 Å². The molecule has 4 rings (SSSR count). The molecule has 33 heavy (non-hydrogen) atoms. The number of ether oxygens (including phenoxy) is 1. The second kappa shape index (κ2) is 9.11. The highest BCUT2D eigenvalue weighted by molar-refractivity contribution is 9.10. The number of para-hydroxylation sites is 1. The highest BCUT2D eigenvalue weighted by atomic mass is 79.9. The van der Waals surface area contributed by atoms with Crippen LogP contribution in [0.4, 0.5) is 11.4 Å². The highest BCUT2D eigenvalue weighted by Gasteiger charge is 2.46. The predicted octanol–water partition coefficient (Wildman–Crippen LogP) is 5.15. The number of methoxy groups -OCH3 is 1. The Labute approximate surface area is 200 Å². The lowest BCUT2D eigenvalue weighted by molar-refractivity contribution is -0.132. The van der Waals surface area contributed by atoms with Gasteiger partial charge in [0.05, 0.1) is 23.2 Å². The quantitative estimate of drug-likeness (QED) is 0.294. The van der Waals surface area contributed by atoms with E-state index < -0.39 is 17.7 Å². The molecule has 1 unspecified atom stereocenters. The third kappa shape index (κ3) is 4.12. The molecule has 6 nitrogen and oxygen atoms in total. The Hall–Kier alpha value is -3.58. The van der Waals surface area contributed by atoms with Crippen molar-refractivity contribution in [2.75, 3.05) is 31.0 Å². The smallest absolute Gasteiger partial charge is 0.300 e. The Balaban J connectivity index is 1.91. The van der Waals surface area contributed by atoms with Gasteiger partial charge in [-0.3, -0.25) is 14.5 Å². The molecule has 0 aliphatic carbocycles. The normalized spacial score (nSPS) is 17.3. The van der Waals surface area contributed by atoms with Crippen molar-refractivity contribution in [2.45, 2.75) is 6.04 Å². The second-order valence-electron chi connectivity index (χ2n) is 7.84. The molecule has 0 radical (unpaired) electrons. The summed E-state index contributed by atoms with van der Waals surface area (Å²) in [5, 5.41) is 11.2. The van der Waals surface area contributed by atoms with Crippen molar-refractivity contribution in [3.63, 3.8) is 0 Å². The number of carbonyl (C=O) groups is 2. The molecule has 0 bridgehead atoms. The first-order valence-electron chi connectivity index (χ1n) is 10.3. The van der Waals surface area contributed by atoms with Crippen LogP contribution >= 0.6 is 15.9 Å². The van der Waals surface area contributed by atoms with Crippen molar-refractivity contribution in [3.05, 3.63) is 94.0 Å². The highest BCUT2D eigenvalue weighted by Crippen LogP contribution is 2.43. The van der Waals surface area contributed by atoms with Crippen LogP contribution in [0, 0.1) is 0 Å². The molecule has 1 atom stereocenters. The van der Waals surface area contributed by atoms with Gasteiger partial charge in [0.15, 0.2) is 0 Å².